The zero-order valence-electron chi connectivity index (χ0n) is 47.1. The van der Waals surface area contributed by atoms with E-state index in [4.69, 9.17) is 14.2 Å². The molecule has 0 radical (unpaired) electrons. The van der Waals surface area contributed by atoms with Gasteiger partial charge in [0.15, 0.2) is 6.10 Å². The second-order valence-corrected chi connectivity index (χ2v) is 21.0. The zero-order valence-corrected chi connectivity index (χ0v) is 47.1. The maximum absolute atomic E-state index is 12.9. The summed E-state index contributed by atoms with van der Waals surface area (Å²) in [6.45, 7) is 6.63. The van der Waals surface area contributed by atoms with Crippen LogP contribution in [0.4, 0.5) is 0 Å². The summed E-state index contributed by atoms with van der Waals surface area (Å²) in [5.74, 6) is -0.881. The maximum atomic E-state index is 12.9. The van der Waals surface area contributed by atoms with Crippen molar-refractivity contribution >= 4 is 17.9 Å². The first-order valence-electron chi connectivity index (χ1n) is 31.0. The van der Waals surface area contributed by atoms with Crippen molar-refractivity contribution < 1.29 is 28.6 Å². The van der Waals surface area contributed by atoms with Crippen LogP contribution in [0.25, 0.3) is 0 Å². The second-order valence-electron chi connectivity index (χ2n) is 21.0. The fourth-order valence-electron chi connectivity index (χ4n) is 9.18. The van der Waals surface area contributed by atoms with Crippen LogP contribution in [-0.2, 0) is 28.6 Å². The average Bonchev–Trinajstić information content (AvgIpc) is 3.36. The van der Waals surface area contributed by atoms with Crippen molar-refractivity contribution in [3.8, 4) is 0 Å². The first-order chi connectivity index (χ1) is 34.5. The molecular weight excluding hydrogens is 865 g/mol. The van der Waals surface area contributed by atoms with E-state index in [1.807, 2.05) is 0 Å². The summed E-state index contributed by atoms with van der Waals surface area (Å²) >= 11 is 0. The molecule has 0 N–H and O–H groups in total. The summed E-state index contributed by atoms with van der Waals surface area (Å²) in [7, 11) is 0. The Kier molecular flexibility index (Phi) is 57.2. The van der Waals surface area contributed by atoms with E-state index in [9.17, 15) is 14.4 Å². The van der Waals surface area contributed by atoms with E-state index in [0.717, 1.165) is 89.9 Å². The van der Waals surface area contributed by atoms with Gasteiger partial charge in [-0.2, -0.15) is 0 Å². The molecule has 0 saturated carbocycles. The fourth-order valence-corrected chi connectivity index (χ4v) is 9.18. The molecular formula is C64H118O6. The minimum atomic E-state index is -0.780. The largest absolute Gasteiger partial charge is 0.462 e. The Balaban J connectivity index is 4.25. The first kappa shape index (κ1) is 67.6. The first-order valence-corrected chi connectivity index (χ1v) is 31.0. The lowest BCUT2D eigenvalue weighted by Crippen LogP contribution is -2.30. The molecule has 0 fully saturated rings. The topological polar surface area (TPSA) is 78.9 Å². The third-order valence-corrected chi connectivity index (χ3v) is 13.9. The van der Waals surface area contributed by atoms with Crippen molar-refractivity contribution in [1.29, 1.82) is 0 Å². The second kappa shape index (κ2) is 59.2. The van der Waals surface area contributed by atoms with Gasteiger partial charge < -0.3 is 14.2 Å². The van der Waals surface area contributed by atoms with E-state index in [0.29, 0.717) is 19.3 Å². The molecule has 0 aliphatic rings. The molecule has 0 amide bonds. The molecule has 0 heterocycles. The highest BCUT2D eigenvalue weighted by Gasteiger charge is 2.19. The third-order valence-electron chi connectivity index (χ3n) is 13.9. The lowest BCUT2D eigenvalue weighted by molar-refractivity contribution is -0.167. The normalized spacial score (nSPS) is 12.2. The molecule has 70 heavy (non-hydrogen) atoms. The molecule has 0 spiro atoms. The van der Waals surface area contributed by atoms with Crippen LogP contribution < -0.4 is 0 Å². The smallest absolute Gasteiger partial charge is 0.306 e. The van der Waals surface area contributed by atoms with Crippen LogP contribution in [-0.4, -0.2) is 37.2 Å². The van der Waals surface area contributed by atoms with Gasteiger partial charge >= 0.3 is 17.9 Å². The van der Waals surface area contributed by atoms with E-state index < -0.39 is 6.10 Å². The molecule has 6 heteroatoms. The van der Waals surface area contributed by atoms with E-state index >= 15 is 0 Å². The predicted octanol–water partition coefficient (Wildman–Crippen LogP) is 20.8. The van der Waals surface area contributed by atoms with Crippen LogP contribution >= 0.6 is 0 Å². The molecule has 410 valence electrons. The Labute approximate surface area is 435 Å². The van der Waals surface area contributed by atoms with Crippen LogP contribution in [0, 0.1) is 0 Å². The summed E-state index contributed by atoms with van der Waals surface area (Å²) < 4.78 is 16.9. The quantitative estimate of drug-likeness (QED) is 0.0261. The van der Waals surface area contributed by atoms with Crippen molar-refractivity contribution in [2.45, 2.75) is 341 Å². The molecule has 0 aliphatic heterocycles. The summed E-state index contributed by atoms with van der Waals surface area (Å²) in [6.07, 6.45) is 71.5. The third kappa shape index (κ3) is 56.5. The summed E-state index contributed by atoms with van der Waals surface area (Å²) in [6, 6.07) is 0. The predicted molar refractivity (Wildman–Crippen MR) is 302 cm³/mol. The van der Waals surface area contributed by atoms with Crippen LogP contribution in [0.3, 0.4) is 0 Å². The van der Waals surface area contributed by atoms with Crippen LogP contribution in [0.5, 0.6) is 0 Å². The highest BCUT2D eigenvalue weighted by Crippen LogP contribution is 2.17. The van der Waals surface area contributed by atoms with Crippen molar-refractivity contribution in [1.82, 2.24) is 0 Å². The van der Waals surface area contributed by atoms with Gasteiger partial charge in [-0.25, -0.2) is 0 Å². The molecule has 0 bridgehead atoms. The molecule has 1 unspecified atom stereocenters. The van der Waals surface area contributed by atoms with Gasteiger partial charge in [-0.1, -0.05) is 276 Å². The van der Waals surface area contributed by atoms with Gasteiger partial charge in [-0.05, 0) is 77.0 Å². The lowest BCUT2D eigenvalue weighted by atomic mass is 10.0. The highest BCUT2D eigenvalue weighted by molar-refractivity contribution is 5.71. The van der Waals surface area contributed by atoms with Crippen molar-refractivity contribution in [3.05, 3.63) is 36.5 Å². The van der Waals surface area contributed by atoms with Gasteiger partial charge in [0.1, 0.15) is 13.2 Å². The Morgan fingerprint density at radius 3 is 0.843 bits per heavy atom. The van der Waals surface area contributed by atoms with Gasteiger partial charge in [-0.3, -0.25) is 14.4 Å². The maximum Gasteiger partial charge on any atom is 0.306 e. The van der Waals surface area contributed by atoms with E-state index in [2.05, 4.69) is 57.2 Å². The minimum Gasteiger partial charge on any atom is -0.462 e. The number of carbonyl (C=O) groups is 3. The zero-order chi connectivity index (χ0) is 50.7. The number of rotatable bonds is 57. The Hall–Kier alpha value is -2.37. The van der Waals surface area contributed by atoms with Gasteiger partial charge in [0.25, 0.3) is 0 Å². The summed E-state index contributed by atoms with van der Waals surface area (Å²) in [5.41, 5.74) is 0. The lowest BCUT2D eigenvalue weighted by Gasteiger charge is -2.18. The summed E-state index contributed by atoms with van der Waals surface area (Å²) in [5, 5.41) is 0. The van der Waals surface area contributed by atoms with E-state index in [1.54, 1.807) is 0 Å². The number of esters is 3. The highest BCUT2D eigenvalue weighted by atomic mass is 16.6. The molecule has 0 aromatic heterocycles. The number of ether oxygens (including phenoxy) is 3. The van der Waals surface area contributed by atoms with Gasteiger partial charge in [0, 0.05) is 19.3 Å². The van der Waals surface area contributed by atoms with Gasteiger partial charge in [0.2, 0.25) is 0 Å². The molecule has 0 saturated heterocycles. The van der Waals surface area contributed by atoms with Gasteiger partial charge in [0.05, 0.1) is 0 Å². The van der Waals surface area contributed by atoms with Crippen LogP contribution in [0.2, 0.25) is 0 Å². The standard InChI is InChI=1S/C64H118O6/c1-4-7-10-13-16-19-22-25-27-28-29-30-31-32-33-34-35-37-39-42-45-48-51-54-57-63(66)69-60-61(59-68-62(65)56-53-50-47-44-41-38-24-21-18-15-12-9-6-3)70-64(67)58-55-52-49-46-43-40-36-26-23-20-17-14-11-8-5-2/h17,20-21,24,26,36,61H,4-16,18-19,22-23,25,27-35,37-60H2,1-3H3/b20-17-,24-21-,36-26-. The SMILES string of the molecule is CCCCC/C=C\C/C=C\CCCCCCCC(=O)OC(COC(=O)CCCCCCC/C=C\CCCCCC)COC(=O)CCCCCCCCCCCCCCCCCCCCCCCCCC. The van der Waals surface area contributed by atoms with E-state index in [-0.39, 0.29) is 31.1 Å². The van der Waals surface area contributed by atoms with Crippen molar-refractivity contribution in [2.24, 2.45) is 0 Å². The Bertz CT molecular complexity index is 1170. The number of carbonyl (C=O) groups excluding carboxylic acids is 3. The van der Waals surface area contributed by atoms with Crippen molar-refractivity contribution in [2.75, 3.05) is 13.2 Å². The molecule has 0 rings (SSSR count). The van der Waals surface area contributed by atoms with E-state index in [1.165, 1.54) is 205 Å². The number of unbranched alkanes of at least 4 members (excludes halogenated alkanes) is 40. The number of hydrogen-bond donors (Lipinski definition) is 0. The number of hydrogen-bond acceptors (Lipinski definition) is 6. The molecule has 0 aromatic rings. The average molecular weight is 984 g/mol. The number of allylic oxidation sites excluding steroid dienone is 6. The summed E-state index contributed by atoms with van der Waals surface area (Å²) in [4.78, 5) is 38.2. The fraction of sp³-hybridized carbons (Fsp3) is 0.859. The minimum absolute atomic E-state index is 0.0768. The monoisotopic (exact) mass is 983 g/mol. The van der Waals surface area contributed by atoms with Gasteiger partial charge in [-0.15, -0.1) is 0 Å². The molecule has 6 nitrogen and oxygen atoms in total. The van der Waals surface area contributed by atoms with Crippen LogP contribution in [0.15, 0.2) is 36.5 Å². The Morgan fingerprint density at radius 1 is 0.286 bits per heavy atom. The molecule has 1 atom stereocenters. The van der Waals surface area contributed by atoms with Crippen molar-refractivity contribution in [3.63, 3.8) is 0 Å². The Morgan fingerprint density at radius 2 is 0.514 bits per heavy atom. The molecule has 0 aromatic carbocycles. The van der Waals surface area contributed by atoms with Crippen LogP contribution in [0.1, 0.15) is 335 Å². The molecule has 0 aliphatic carbocycles.